The van der Waals surface area contributed by atoms with E-state index in [-0.39, 0.29) is 4.90 Å². The molecule has 0 saturated heterocycles. The summed E-state index contributed by atoms with van der Waals surface area (Å²) in [6, 6.07) is 5.58. The van der Waals surface area contributed by atoms with Crippen molar-refractivity contribution < 1.29 is 23.1 Å². The Morgan fingerprint density at radius 2 is 2.00 bits per heavy atom. The molecule has 0 atom stereocenters. The number of nitrogens with one attached hydrogen (secondary N) is 1. The normalized spacial score (nSPS) is 11.7. The maximum atomic E-state index is 11.9. The van der Waals surface area contributed by atoms with Gasteiger partial charge in [0.05, 0.1) is 4.90 Å². The van der Waals surface area contributed by atoms with Gasteiger partial charge in [-0.2, -0.15) is 0 Å². The fraction of sp³-hybridized carbons (Fsp3) is 0.308. The third kappa shape index (κ3) is 5.41. The van der Waals surface area contributed by atoms with Crippen molar-refractivity contribution in [2.75, 3.05) is 13.2 Å². The van der Waals surface area contributed by atoms with Crippen LogP contribution >= 0.6 is 0 Å². The molecule has 0 aliphatic carbocycles. The number of allylic oxidation sites excluding steroid dienone is 1. The number of carbonyl (C=O) groups is 1. The largest absolute Gasteiger partial charge is 0.482 e. The molecular weight excluding hydrogens is 282 g/mol. The van der Waals surface area contributed by atoms with Gasteiger partial charge in [0.15, 0.2) is 6.61 Å². The van der Waals surface area contributed by atoms with Crippen molar-refractivity contribution >= 4 is 16.0 Å². The maximum Gasteiger partial charge on any atom is 0.341 e. The Labute approximate surface area is 118 Å². The molecule has 0 aliphatic heterocycles. The fourth-order valence-corrected chi connectivity index (χ4v) is 2.43. The van der Waals surface area contributed by atoms with Crippen LogP contribution in [-0.4, -0.2) is 32.6 Å². The minimum atomic E-state index is -3.54. The average Bonchev–Trinajstić information content (AvgIpc) is 2.42. The number of hydrogen-bond acceptors (Lipinski definition) is 4. The Hall–Kier alpha value is -1.86. The second kappa shape index (κ2) is 7.66. The smallest absolute Gasteiger partial charge is 0.341 e. The van der Waals surface area contributed by atoms with Crippen molar-refractivity contribution in [3.63, 3.8) is 0 Å². The van der Waals surface area contributed by atoms with Gasteiger partial charge in [-0.25, -0.2) is 17.9 Å². The molecule has 0 amide bonds. The van der Waals surface area contributed by atoms with Crippen LogP contribution in [0, 0.1) is 0 Å². The number of rotatable bonds is 8. The van der Waals surface area contributed by atoms with Crippen LogP contribution in [0.4, 0.5) is 0 Å². The number of hydrogen-bond donors (Lipinski definition) is 2. The predicted molar refractivity (Wildman–Crippen MR) is 74.2 cm³/mol. The van der Waals surface area contributed by atoms with Crippen LogP contribution in [-0.2, 0) is 14.8 Å². The molecule has 0 spiro atoms. The molecule has 2 N–H and O–H groups in total. The van der Waals surface area contributed by atoms with Gasteiger partial charge in [0.1, 0.15) is 5.75 Å². The lowest BCUT2D eigenvalue weighted by atomic mass is 10.3. The number of carboxylic acid groups (broad SMARTS) is 1. The van der Waals surface area contributed by atoms with E-state index in [0.717, 1.165) is 0 Å². The van der Waals surface area contributed by atoms with Gasteiger partial charge in [0.25, 0.3) is 0 Å². The first kappa shape index (κ1) is 16.2. The van der Waals surface area contributed by atoms with Crippen molar-refractivity contribution in [1.82, 2.24) is 4.72 Å². The van der Waals surface area contributed by atoms with Crippen molar-refractivity contribution in [3.8, 4) is 5.75 Å². The lowest BCUT2D eigenvalue weighted by Crippen LogP contribution is -2.24. The van der Waals surface area contributed by atoms with E-state index in [9.17, 15) is 13.2 Å². The number of carboxylic acids is 1. The standard InChI is InChI=1S/C13H17NO5S/c1-2-3-4-9-14-20(17,18)12-7-5-11(6-8-12)19-10-13(15)16/h2-3,5-8,14H,4,9-10H2,1H3,(H,15,16)/b3-2+. The zero-order valence-electron chi connectivity index (χ0n) is 11.1. The summed E-state index contributed by atoms with van der Waals surface area (Å²) >= 11 is 0. The van der Waals surface area contributed by atoms with Gasteiger partial charge in [-0.1, -0.05) is 12.2 Å². The zero-order chi connectivity index (χ0) is 15.0. The summed E-state index contributed by atoms with van der Waals surface area (Å²) in [7, 11) is -3.54. The van der Waals surface area contributed by atoms with Crippen molar-refractivity contribution in [1.29, 1.82) is 0 Å². The van der Waals surface area contributed by atoms with Crippen LogP contribution in [0.25, 0.3) is 0 Å². The summed E-state index contributed by atoms with van der Waals surface area (Å²) in [6.07, 6.45) is 4.34. The Bertz CT molecular complexity index is 563. The number of benzene rings is 1. The molecule has 0 aromatic heterocycles. The second-order valence-corrected chi connectivity index (χ2v) is 5.68. The van der Waals surface area contributed by atoms with E-state index in [1.807, 2.05) is 19.1 Å². The van der Waals surface area contributed by atoms with E-state index in [4.69, 9.17) is 9.84 Å². The molecule has 0 fully saturated rings. The molecule has 1 aromatic rings. The second-order valence-electron chi connectivity index (χ2n) is 3.91. The summed E-state index contributed by atoms with van der Waals surface area (Å²) in [5.41, 5.74) is 0. The van der Waals surface area contributed by atoms with E-state index in [1.165, 1.54) is 24.3 Å². The molecule has 110 valence electrons. The van der Waals surface area contributed by atoms with Crippen LogP contribution in [0.1, 0.15) is 13.3 Å². The monoisotopic (exact) mass is 299 g/mol. The first-order chi connectivity index (χ1) is 9.45. The maximum absolute atomic E-state index is 11.9. The van der Waals surface area contributed by atoms with Crippen LogP contribution in [0.15, 0.2) is 41.3 Å². The Kier molecular flexibility index (Phi) is 6.20. The first-order valence-electron chi connectivity index (χ1n) is 6.01. The molecule has 0 radical (unpaired) electrons. The third-order valence-corrected chi connectivity index (χ3v) is 3.81. The Balaban J connectivity index is 2.64. The van der Waals surface area contributed by atoms with Crippen LogP contribution in [0.5, 0.6) is 5.75 Å². The lowest BCUT2D eigenvalue weighted by Gasteiger charge is -2.07. The van der Waals surface area contributed by atoms with E-state index >= 15 is 0 Å². The highest BCUT2D eigenvalue weighted by Gasteiger charge is 2.12. The number of sulfonamides is 1. The molecule has 0 aliphatic rings. The minimum Gasteiger partial charge on any atom is -0.482 e. The zero-order valence-corrected chi connectivity index (χ0v) is 11.9. The van der Waals surface area contributed by atoms with Crippen LogP contribution in [0.2, 0.25) is 0 Å². The summed E-state index contributed by atoms with van der Waals surface area (Å²) in [6.45, 7) is 1.72. The predicted octanol–water partition coefficient (Wildman–Crippen LogP) is 1.39. The Morgan fingerprint density at radius 3 is 2.55 bits per heavy atom. The highest BCUT2D eigenvalue weighted by molar-refractivity contribution is 7.89. The summed E-state index contributed by atoms with van der Waals surface area (Å²) in [5.74, 6) is -0.785. The average molecular weight is 299 g/mol. The van der Waals surface area contributed by atoms with E-state index < -0.39 is 22.6 Å². The molecular formula is C13H17NO5S. The van der Waals surface area contributed by atoms with Crippen LogP contribution < -0.4 is 9.46 Å². The molecule has 0 saturated carbocycles. The van der Waals surface area contributed by atoms with Gasteiger partial charge < -0.3 is 9.84 Å². The molecule has 20 heavy (non-hydrogen) atoms. The van der Waals surface area contributed by atoms with Gasteiger partial charge in [-0.15, -0.1) is 0 Å². The number of aliphatic carboxylic acids is 1. The minimum absolute atomic E-state index is 0.112. The quantitative estimate of drug-likeness (QED) is 0.559. The molecule has 0 bridgehead atoms. The molecule has 0 unspecified atom stereocenters. The van der Waals surface area contributed by atoms with Gasteiger partial charge in [-0.05, 0) is 37.6 Å². The van der Waals surface area contributed by atoms with Gasteiger partial charge in [-0.3, -0.25) is 0 Å². The fourth-order valence-electron chi connectivity index (χ4n) is 1.39. The number of ether oxygens (including phenoxy) is 1. The molecule has 1 aromatic carbocycles. The topological polar surface area (TPSA) is 92.7 Å². The van der Waals surface area contributed by atoms with Crippen molar-refractivity contribution in [3.05, 3.63) is 36.4 Å². The van der Waals surface area contributed by atoms with Crippen LogP contribution in [0.3, 0.4) is 0 Å². The van der Waals surface area contributed by atoms with Crippen molar-refractivity contribution in [2.45, 2.75) is 18.2 Å². The molecule has 0 heterocycles. The SMILES string of the molecule is C/C=C/CCNS(=O)(=O)c1ccc(OCC(=O)O)cc1. The van der Waals surface area contributed by atoms with Gasteiger partial charge in [0.2, 0.25) is 10.0 Å². The van der Waals surface area contributed by atoms with E-state index in [0.29, 0.717) is 18.7 Å². The summed E-state index contributed by atoms with van der Waals surface area (Å²) in [4.78, 5) is 10.4. The van der Waals surface area contributed by atoms with Gasteiger partial charge in [0, 0.05) is 6.54 Å². The Morgan fingerprint density at radius 1 is 1.35 bits per heavy atom. The summed E-state index contributed by atoms with van der Waals surface area (Å²) in [5, 5.41) is 8.46. The van der Waals surface area contributed by atoms with E-state index in [1.54, 1.807) is 0 Å². The van der Waals surface area contributed by atoms with Crippen molar-refractivity contribution in [2.24, 2.45) is 0 Å². The molecule has 1 rings (SSSR count). The molecule has 7 heteroatoms. The highest BCUT2D eigenvalue weighted by atomic mass is 32.2. The van der Waals surface area contributed by atoms with Gasteiger partial charge >= 0.3 is 5.97 Å². The molecule has 6 nitrogen and oxygen atoms in total. The third-order valence-electron chi connectivity index (χ3n) is 2.34. The highest BCUT2D eigenvalue weighted by Crippen LogP contribution is 2.15. The summed E-state index contributed by atoms with van der Waals surface area (Å²) < 4.78 is 31.2. The van der Waals surface area contributed by atoms with E-state index in [2.05, 4.69) is 4.72 Å². The first-order valence-corrected chi connectivity index (χ1v) is 7.49. The lowest BCUT2D eigenvalue weighted by molar-refractivity contribution is -0.139.